The molecule has 0 saturated carbocycles. The minimum Gasteiger partial charge on any atom is -0.346 e. The number of nitrogens with zero attached hydrogens (tertiary/aromatic N) is 1. The van der Waals surface area contributed by atoms with E-state index < -0.39 is 0 Å². The van der Waals surface area contributed by atoms with Gasteiger partial charge in [-0.25, -0.2) is 0 Å². The van der Waals surface area contributed by atoms with Crippen LogP contribution in [0.3, 0.4) is 0 Å². The van der Waals surface area contributed by atoms with E-state index >= 15 is 0 Å². The van der Waals surface area contributed by atoms with Crippen LogP contribution in [0.15, 0.2) is 0 Å². The fourth-order valence-electron chi connectivity index (χ4n) is 1.99. The normalized spacial score (nSPS) is 21.4. The molecule has 0 aliphatic carbocycles. The molecule has 92 valence electrons. The van der Waals surface area contributed by atoms with Crippen molar-refractivity contribution in [3.8, 4) is 0 Å². The van der Waals surface area contributed by atoms with Gasteiger partial charge in [-0.15, -0.1) is 0 Å². The first-order valence-electron chi connectivity index (χ1n) is 5.91. The average Bonchev–Trinajstić information content (AvgIpc) is 2.50. The van der Waals surface area contributed by atoms with Crippen LogP contribution in [0.5, 0.6) is 0 Å². The summed E-state index contributed by atoms with van der Waals surface area (Å²) in [7, 11) is 0. The summed E-state index contributed by atoms with van der Waals surface area (Å²) in [5.74, 6) is -0.285. The van der Waals surface area contributed by atoms with E-state index in [2.05, 4.69) is 12.2 Å². The fraction of sp³-hybridized carbons (Fsp3) is 0.818. The van der Waals surface area contributed by atoms with Crippen LogP contribution in [0, 0.1) is 0 Å². The quantitative estimate of drug-likeness (QED) is 0.704. The Hall–Kier alpha value is -1.10. The highest BCUT2D eigenvalue weighted by Gasteiger charge is 2.21. The third-order valence-electron chi connectivity index (χ3n) is 3.00. The van der Waals surface area contributed by atoms with Crippen LogP contribution in [0.2, 0.25) is 0 Å². The number of amides is 2. The van der Waals surface area contributed by atoms with Gasteiger partial charge in [-0.3, -0.25) is 9.59 Å². The number of likely N-dealkylation sites (tertiary alicyclic amines) is 1. The molecule has 1 fully saturated rings. The van der Waals surface area contributed by atoms with Gasteiger partial charge in [-0.2, -0.15) is 0 Å². The lowest BCUT2D eigenvalue weighted by molar-refractivity contribution is -0.134. The van der Waals surface area contributed by atoms with Crippen LogP contribution in [0.25, 0.3) is 0 Å². The zero-order chi connectivity index (χ0) is 12.0. The molecule has 0 aromatic carbocycles. The molecular weight excluding hydrogens is 206 g/mol. The Morgan fingerprint density at radius 3 is 2.81 bits per heavy atom. The van der Waals surface area contributed by atoms with E-state index in [0.29, 0.717) is 0 Å². The van der Waals surface area contributed by atoms with Crippen molar-refractivity contribution >= 4 is 11.8 Å². The lowest BCUT2D eigenvalue weighted by atomic mass is 10.1. The number of carbonyl (C=O) groups is 2. The van der Waals surface area contributed by atoms with Crippen LogP contribution in [0.1, 0.15) is 32.6 Å². The van der Waals surface area contributed by atoms with Gasteiger partial charge in [0.05, 0.1) is 13.1 Å². The van der Waals surface area contributed by atoms with E-state index in [9.17, 15) is 9.59 Å². The first-order valence-corrected chi connectivity index (χ1v) is 5.91. The average molecular weight is 227 g/mol. The number of nitrogens with two attached hydrogens (primary N) is 1. The molecule has 2 amide bonds. The number of hydrogen-bond acceptors (Lipinski definition) is 3. The summed E-state index contributed by atoms with van der Waals surface area (Å²) in [6.07, 6.45) is 4.47. The lowest BCUT2D eigenvalue weighted by Gasteiger charge is -2.27. The van der Waals surface area contributed by atoms with Crippen molar-refractivity contribution in [1.29, 1.82) is 0 Å². The smallest absolute Gasteiger partial charge is 0.242 e. The highest BCUT2D eigenvalue weighted by atomic mass is 16.2. The molecule has 16 heavy (non-hydrogen) atoms. The SMILES string of the molecule is CC1CCCCCN1C(=O)CNC(=O)CN. The molecule has 5 nitrogen and oxygen atoms in total. The van der Waals surface area contributed by atoms with Crippen molar-refractivity contribution in [2.24, 2.45) is 5.73 Å². The summed E-state index contributed by atoms with van der Waals surface area (Å²) < 4.78 is 0. The van der Waals surface area contributed by atoms with Gasteiger partial charge in [0.15, 0.2) is 0 Å². The Kier molecular flexibility index (Phi) is 5.25. The third-order valence-corrected chi connectivity index (χ3v) is 3.00. The van der Waals surface area contributed by atoms with E-state index in [1.807, 2.05) is 4.90 Å². The molecule has 1 saturated heterocycles. The Labute approximate surface area is 96.4 Å². The minimum atomic E-state index is -0.282. The molecule has 1 aliphatic heterocycles. The monoisotopic (exact) mass is 227 g/mol. The summed E-state index contributed by atoms with van der Waals surface area (Å²) in [6.45, 7) is 2.87. The van der Waals surface area contributed by atoms with Crippen molar-refractivity contribution in [3.63, 3.8) is 0 Å². The van der Waals surface area contributed by atoms with Gasteiger partial charge in [-0.05, 0) is 19.8 Å². The number of carbonyl (C=O) groups excluding carboxylic acids is 2. The van der Waals surface area contributed by atoms with Crippen molar-refractivity contribution in [2.45, 2.75) is 38.6 Å². The first kappa shape index (κ1) is 13.0. The molecule has 0 bridgehead atoms. The van der Waals surface area contributed by atoms with Crippen LogP contribution >= 0.6 is 0 Å². The van der Waals surface area contributed by atoms with Crippen LogP contribution < -0.4 is 11.1 Å². The molecule has 0 spiro atoms. The van der Waals surface area contributed by atoms with Gasteiger partial charge in [0.1, 0.15) is 0 Å². The van der Waals surface area contributed by atoms with Gasteiger partial charge >= 0.3 is 0 Å². The third kappa shape index (κ3) is 3.81. The number of hydrogen-bond donors (Lipinski definition) is 2. The molecule has 1 atom stereocenters. The summed E-state index contributed by atoms with van der Waals surface area (Å²) in [4.78, 5) is 24.7. The molecule has 0 radical (unpaired) electrons. The second kappa shape index (κ2) is 6.48. The van der Waals surface area contributed by atoms with Crippen LogP contribution in [-0.4, -0.2) is 42.4 Å². The number of rotatable bonds is 3. The van der Waals surface area contributed by atoms with Gasteiger partial charge in [-0.1, -0.05) is 12.8 Å². The van der Waals surface area contributed by atoms with Crippen LogP contribution in [-0.2, 0) is 9.59 Å². The molecule has 0 aromatic rings. The maximum Gasteiger partial charge on any atom is 0.242 e. The van der Waals surface area contributed by atoms with E-state index in [-0.39, 0.29) is 30.9 Å². The second-order valence-electron chi connectivity index (χ2n) is 4.27. The molecule has 1 unspecified atom stereocenters. The Balaban J connectivity index is 2.41. The highest BCUT2D eigenvalue weighted by Crippen LogP contribution is 2.15. The molecule has 3 N–H and O–H groups in total. The standard InChI is InChI=1S/C11H21N3O2/c1-9-5-3-2-4-6-14(9)11(16)8-13-10(15)7-12/h9H,2-8,12H2,1H3,(H,13,15). The summed E-state index contributed by atoms with van der Waals surface area (Å²) >= 11 is 0. The summed E-state index contributed by atoms with van der Waals surface area (Å²) in [5.41, 5.74) is 5.15. The lowest BCUT2D eigenvalue weighted by Crippen LogP contribution is -2.45. The summed E-state index contributed by atoms with van der Waals surface area (Å²) in [5, 5.41) is 2.52. The van der Waals surface area contributed by atoms with Gasteiger partial charge in [0.2, 0.25) is 11.8 Å². The Morgan fingerprint density at radius 2 is 2.12 bits per heavy atom. The fourth-order valence-corrected chi connectivity index (χ4v) is 1.99. The summed E-state index contributed by atoms with van der Waals surface area (Å²) in [6, 6.07) is 0.282. The van der Waals surface area contributed by atoms with Crippen LogP contribution in [0.4, 0.5) is 0 Å². The van der Waals surface area contributed by atoms with E-state index in [1.165, 1.54) is 12.8 Å². The van der Waals surface area contributed by atoms with Gasteiger partial charge in [0.25, 0.3) is 0 Å². The maximum atomic E-state index is 11.9. The molecule has 1 heterocycles. The van der Waals surface area contributed by atoms with E-state index in [4.69, 9.17) is 5.73 Å². The second-order valence-corrected chi connectivity index (χ2v) is 4.27. The predicted molar refractivity (Wildman–Crippen MR) is 61.7 cm³/mol. The number of nitrogens with one attached hydrogen (secondary N) is 1. The van der Waals surface area contributed by atoms with Gasteiger partial charge < -0.3 is 16.0 Å². The van der Waals surface area contributed by atoms with Crippen molar-refractivity contribution in [2.75, 3.05) is 19.6 Å². The van der Waals surface area contributed by atoms with Gasteiger partial charge in [0, 0.05) is 12.6 Å². The topological polar surface area (TPSA) is 75.4 Å². The maximum absolute atomic E-state index is 11.9. The molecular formula is C11H21N3O2. The van der Waals surface area contributed by atoms with Crippen molar-refractivity contribution in [1.82, 2.24) is 10.2 Å². The Morgan fingerprint density at radius 1 is 1.38 bits per heavy atom. The molecule has 5 heteroatoms. The predicted octanol–water partition coefficient (Wildman–Crippen LogP) is -0.148. The first-order chi connectivity index (χ1) is 7.65. The van der Waals surface area contributed by atoms with Crippen molar-refractivity contribution in [3.05, 3.63) is 0 Å². The van der Waals surface area contributed by atoms with E-state index in [1.54, 1.807) is 0 Å². The molecule has 0 aromatic heterocycles. The minimum absolute atomic E-state index is 0.00352. The van der Waals surface area contributed by atoms with Crippen molar-refractivity contribution < 1.29 is 9.59 Å². The zero-order valence-corrected chi connectivity index (χ0v) is 9.87. The largest absolute Gasteiger partial charge is 0.346 e. The van der Waals surface area contributed by atoms with E-state index in [0.717, 1.165) is 19.4 Å². The molecule has 1 aliphatic rings. The molecule has 1 rings (SSSR count). The Bertz CT molecular complexity index is 256. The zero-order valence-electron chi connectivity index (χ0n) is 9.87. The highest BCUT2D eigenvalue weighted by molar-refractivity contribution is 5.85.